The predicted octanol–water partition coefficient (Wildman–Crippen LogP) is 1.24. The van der Waals surface area contributed by atoms with Gasteiger partial charge in [0.2, 0.25) is 0 Å². The summed E-state index contributed by atoms with van der Waals surface area (Å²) in [7, 11) is 0. The number of rotatable bonds is 7. The standard InChI is InChI=1S/C12H23NO3/c1-8(2)6-12(3,16)7-13-10(11(14)15)9-4-5-9/h8-10,13,16H,4-7H2,1-3H3,(H,14,15). The van der Waals surface area contributed by atoms with Gasteiger partial charge in [-0.2, -0.15) is 0 Å². The van der Waals surface area contributed by atoms with Crippen molar-refractivity contribution in [2.45, 2.75) is 51.7 Å². The summed E-state index contributed by atoms with van der Waals surface area (Å²) in [5, 5.41) is 22.1. The summed E-state index contributed by atoms with van der Waals surface area (Å²) in [5.74, 6) is -0.142. The van der Waals surface area contributed by atoms with Crippen LogP contribution in [-0.2, 0) is 4.79 Å². The lowest BCUT2D eigenvalue weighted by Gasteiger charge is -2.27. The van der Waals surface area contributed by atoms with Gasteiger partial charge in [0.25, 0.3) is 0 Å². The first-order valence-corrected chi connectivity index (χ1v) is 6.00. The number of hydrogen-bond donors (Lipinski definition) is 3. The maximum absolute atomic E-state index is 11.0. The van der Waals surface area contributed by atoms with Crippen molar-refractivity contribution in [3.05, 3.63) is 0 Å². The van der Waals surface area contributed by atoms with Crippen molar-refractivity contribution in [2.75, 3.05) is 6.54 Å². The van der Waals surface area contributed by atoms with Crippen molar-refractivity contribution in [3.63, 3.8) is 0 Å². The van der Waals surface area contributed by atoms with Gasteiger partial charge in [0.1, 0.15) is 6.04 Å². The second-order valence-corrected chi connectivity index (χ2v) is 5.63. The minimum Gasteiger partial charge on any atom is -0.480 e. The van der Waals surface area contributed by atoms with E-state index in [2.05, 4.69) is 5.32 Å². The molecule has 16 heavy (non-hydrogen) atoms. The summed E-state index contributed by atoms with van der Waals surface area (Å²) in [5.41, 5.74) is -0.823. The van der Waals surface area contributed by atoms with E-state index in [0.717, 1.165) is 12.8 Å². The molecule has 0 heterocycles. The minimum absolute atomic E-state index is 0.257. The van der Waals surface area contributed by atoms with Gasteiger partial charge in [-0.3, -0.25) is 4.79 Å². The molecule has 4 nitrogen and oxygen atoms in total. The molecule has 0 bridgehead atoms. The highest BCUT2D eigenvalue weighted by Gasteiger charge is 2.37. The van der Waals surface area contributed by atoms with Gasteiger partial charge in [0.05, 0.1) is 5.60 Å². The average molecular weight is 229 g/mol. The maximum Gasteiger partial charge on any atom is 0.320 e. The van der Waals surface area contributed by atoms with Crippen molar-refractivity contribution in [3.8, 4) is 0 Å². The Morgan fingerprint density at radius 2 is 2.06 bits per heavy atom. The van der Waals surface area contributed by atoms with Gasteiger partial charge in [-0.05, 0) is 38.0 Å². The lowest BCUT2D eigenvalue weighted by Crippen LogP contribution is -2.47. The Kier molecular flexibility index (Phi) is 4.33. The second kappa shape index (κ2) is 5.15. The predicted molar refractivity (Wildman–Crippen MR) is 62.2 cm³/mol. The molecule has 4 heteroatoms. The highest BCUT2D eigenvalue weighted by molar-refractivity contribution is 5.74. The number of nitrogens with one attached hydrogen (secondary N) is 1. The summed E-state index contributed by atoms with van der Waals surface area (Å²) >= 11 is 0. The van der Waals surface area contributed by atoms with Crippen LogP contribution < -0.4 is 5.32 Å². The number of hydrogen-bond acceptors (Lipinski definition) is 3. The molecule has 3 N–H and O–H groups in total. The van der Waals surface area contributed by atoms with Crippen molar-refractivity contribution >= 4 is 5.97 Å². The monoisotopic (exact) mass is 229 g/mol. The number of aliphatic carboxylic acids is 1. The topological polar surface area (TPSA) is 69.6 Å². The number of carbonyl (C=O) groups is 1. The van der Waals surface area contributed by atoms with Crippen LogP contribution >= 0.6 is 0 Å². The SMILES string of the molecule is CC(C)CC(C)(O)CNC(C(=O)O)C1CC1. The van der Waals surface area contributed by atoms with Gasteiger partial charge in [0.15, 0.2) is 0 Å². The van der Waals surface area contributed by atoms with Crippen LogP contribution in [0.3, 0.4) is 0 Å². The van der Waals surface area contributed by atoms with Gasteiger partial charge < -0.3 is 15.5 Å². The second-order valence-electron chi connectivity index (χ2n) is 5.63. The number of carboxylic acids is 1. The van der Waals surface area contributed by atoms with Gasteiger partial charge in [0, 0.05) is 6.54 Å². The highest BCUT2D eigenvalue weighted by atomic mass is 16.4. The van der Waals surface area contributed by atoms with Crippen LogP contribution in [0.5, 0.6) is 0 Å². The molecule has 0 saturated heterocycles. The maximum atomic E-state index is 11.0. The summed E-state index contributed by atoms with van der Waals surface area (Å²) in [6, 6.07) is -0.487. The van der Waals surface area contributed by atoms with Gasteiger partial charge in [-0.1, -0.05) is 13.8 Å². The minimum atomic E-state index is -0.823. The Bertz CT molecular complexity index is 247. The van der Waals surface area contributed by atoms with E-state index in [1.807, 2.05) is 13.8 Å². The van der Waals surface area contributed by atoms with Crippen LogP contribution in [0, 0.1) is 11.8 Å². The van der Waals surface area contributed by atoms with Crippen molar-refractivity contribution in [2.24, 2.45) is 11.8 Å². The fourth-order valence-electron chi connectivity index (χ4n) is 2.17. The molecular weight excluding hydrogens is 206 g/mol. The zero-order valence-electron chi connectivity index (χ0n) is 10.4. The quantitative estimate of drug-likeness (QED) is 0.614. The molecule has 1 aliphatic carbocycles. The Morgan fingerprint density at radius 1 is 1.50 bits per heavy atom. The zero-order valence-corrected chi connectivity index (χ0v) is 10.4. The molecule has 0 amide bonds. The highest BCUT2D eigenvalue weighted by Crippen LogP contribution is 2.33. The van der Waals surface area contributed by atoms with Crippen LogP contribution in [0.15, 0.2) is 0 Å². The third kappa shape index (κ3) is 4.49. The Morgan fingerprint density at radius 3 is 2.44 bits per heavy atom. The summed E-state index contributed by atoms with van der Waals surface area (Å²) in [6.45, 7) is 6.19. The first-order chi connectivity index (χ1) is 7.32. The van der Waals surface area contributed by atoms with E-state index in [1.54, 1.807) is 6.92 Å². The molecular formula is C12H23NO3. The lowest BCUT2D eigenvalue weighted by molar-refractivity contribution is -0.140. The fraction of sp³-hybridized carbons (Fsp3) is 0.917. The molecule has 0 aliphatic heterocycles. The van der Waals surface area contributed by atoms with Crippen LogP contribution in [-0.4, -0.2) is 34.4 Å². The Balaban J connectivity index is 2.38. The molecule has 1 rings (SSSR count). The summed E-state index contributed by atoms with van der Waals surface area (Å²) in [4.78, 5) is 11.0. The van der Waals surface area contributed by atoms with E-state index in [9.17, 15) is 9.90 Å². The van der Waals surface area contributed by atoms with E-state index in [4.69, 9.17) is 5.11 Å². The van der Waals surface area contributed by atoms with Crippen LogP contribution in [0.25, 0.3) is 0 Å². The Hall–Kier alpha value is -0.610. The number of aliphatic hydroxyl groups is 1. The van der Waals surface area contributed by atoms with Crippen molar-refractivity contribution < 1.29 is 15.0 Å². The van der Waals surface area contributed by atoms with Gasteiger partial charge in [-0.15, -0.1) is 0 Å². The molecule has 0 spiro atoms. The fourth-order valence-corrected chi connectivity index (χ4v) is 2.17. The molecule has 0 aromatic heterocycles. The van der Waals surface area contributed by atoms with Crippen molar-refractivity contribution in [1.29, 1.82) is 0 Å². The molecule has 1 saturated carbocycles. The largest absolute Gasteiger partial charge is 0.480 e. The van der Waals surface area contributed by atoms with Crippen LogP contribution in [0.1, 0.15) is 40.0 Å². The number of carboxylic acid groups (broad SMARTS) is 1. The molecule has 1 aliphatic rings. The first kappa shape index (κ1) is 13.5. The van der Waals surface area contributed by atoms with Crippen LogP contribution in [0.2, 0.25) is 0 Å². The molecule has 0 aromatic rings. The first-order valence-electron chi connectivity index (χ1n) is 6.00. The molecule has 2 unspecified atom stereocenters. The van der Waals surface area contributed by atoms with E-state index in [-0.39, 0.29) is 5.92 Å². The average Bonchev–Trinajstić information content (AvgIpc) is 2.84. The normalized spacial score (nSPS) is 21.8. The van der Waals surface area contributed by atoms with E-state index in [0.29, 0.717) is 18.9 Å². The van der Waals surface area contributed by atoms with E-state index < -0.39 is 17.6 Å². The Labute approximate surface area is 97.0 Å². The third-order valence-electron chi connectivity index (χ3n) is 2.91. The van der Waals surface area contributed by atoms with Gasteiger partial charge >= 0.3 is 5.97 Å². The summed E-state index contributed by atoms with van der Waals surface area (Å²) in [6.07, 6.45) is 2.64. The van der Waals surface area contributed by atoms with E-state index >= 15 is 0 Å². The van der Waals surface area contributed by atoms with E-state index in [1.165, 1.54) is 0 Å². The summed E-state index contributed by atoms with van der Waals surface area (Å²) < 4.78 is 0. The molecule has 94 valence electrons. The third-order valence-corrected chi connectivity index (χ3v) is 2.91. The zero-order chi connectivity index (χ0) is 12.3. The van der Waals surface area contributed by atoms with Crippen molar-refractivity contribution in [1.82, 2.24) is 5.32 Å². The smallest absolute Gasteiger partial charge is 0.320 e. The molecule has 0 aromatic carbocycles. The van der Waals surface area contributed by atoms with Gasteiger partial charge in [-0.25, -0.2) is 0 Å². The lowest BCUT2D eigenvalue weighted by atomic mass is 9.94. The molecule has 0 radical (unpaired) electrons. The molecule has 2 atom stereocenters. The molecule has 1 fully saturated rings. The van der Waals surface area contributed by atoms with Crippen LogP contribution in [0.4, 0.5) is 0 Å².